The molecule has 2 aromatic carbocycles. The molecule has 0 saturated heterocycles. The van der Waals surface area contributed by atoms with Crippen LogP contribution >= 0.6 is 0 Å². The maximum Gasteiger partial charge on any atom is 0.338 e. The Morgan fingerprint density at radius 1 is 1.11 bits per heavy atom. The quantitative estimate of drug-likeness (QED) is 0.229. The number of hydrogen-bond acceptors (Lipinski definition) is 6. The maximum atomic E-state index is 12.6. The van der Waals surface area contributed by atoms with Crippen LogP contribution in [0.5, 0.6) is 5.75 Å². The van der Waals surface area contributed by atoms with Crippen molar-refractivity contribution in [1.29, 1.82) is 0 Å². The average Bonchev–Trinajstić information content (AvgIpc) is 3.39. The van der Waals surface area contributed by atoms with Crippen molar-refractivity contribution in [2.24, 2.45) is 5.10 Å². The molecule has 8 nitrogen and oxygen atoms in total. The zero-order valence-electron chi connectivity index (χ0n) is 20.3. The predicted octanol–water partition coefficient (Wildman–Crippen LogP) is 5.10. The summed E-state index contributed by atoms with van der Waals surface area (Å²) in [7, 11) is 1.37. The molecule has 0 fully saturated rings. The molecule has 0 unspecified atom stereocenters. The van der Waals surface area contributed by atoms with E-state index in [4.69, 9.17) is 13.9 Å². The van der Waals surface area contributed by atoms with E-state index in [1.807, 2.05) is 56.5 Å². The smallest absolute Gasteiger partial charge is 0.338 e. The molecule has 0 spiro atoms. The van der Waals surface area contributed by atoms with Gasteiger partial charge in [-0.2, -0.15) is 5.10 Å². The van der Waals surface area contributed by atoms with Crippen LogP contribution in [0.2, 0.25) is 0 Å². The molecule has 180 valence electrons. The van der Waals surface area contributed by atoms with E-state index < -0.39 is 5.91 Å². The van der Waals surface area contributed by atoms with Crippen LogP contribution in [0.1, 0.15) is 50.4 Å². The molecule has 0 aliphatic rings. The van der Waals surface area contributed by atoms with Gasteiger partial charge < -0.3 is 18.5 Å². The molecule has 0 radical (unpaired) electrons. The highest BCUT2D eigenvalue weighted by atomic mass is 16.5. The lowest BCUT2D eigenvalue weighted by molar-refractivity contribution is 0.0599. The zero-order chi connectivity index (χ0) is 25.1. The Hall–Kier alpha value is -4.33. The SMILES string of the molecule is CCOc1ccc2oc(C(=O)N/N=C/c3cc(C)n(-c4cccc(C(=O)OC)c4C)c3C)cc2c1. The van der Waals surface area contributed by atoms with Crippen LogP contribution in [0.25, 0.3) is 16.7 Å². The lowest BCUT2D eigenvalue weighted by Gasteiger charge is -2.15. The third-order valence-corrected chi connectivity index (χ3v) is 5.81. The van der Waals surface area contributed by atoms with Crippen molar-refractivity contribution in [3.05, 3.63) is 82.4 Å². The van der Waals surface area contributed by atoms with Gasteiger partial charge in [-0.25, -0.2) is 10.2 Å². The molecule has 35 heavy (non-hydrogen) atoms. The summed E-state index contributed by atoms with van der Waals surface area (Å²) in [4.78, 5) is 24.7. The minimum atomic E-state index is -0.453. The Morgan fingerprint density at radius 2 is 1.91 bits per heavy atom. The highest BCUT2D eigenvalue weighted by Gasteiger charge is 2.17. The van der Waals surface area contributed by atoms with Crippen LogP contribution in [-0.4, -0.2) is 36.4 Å². The number of aromatic nitrogens is 1. The van der Waals surface area contributed by atoms with Gasteiger partial charge in [-0.3, -0.25) is 4.79 Å². The number of benzene rings is 2. The topological polar surface area (TPSA) is 95.1 Å². The molecule has 2 heterocycles. The van der Waals surface area contributed by atoms with E-state index in [-0.39, 0.29) is 11.7 Å². The number of nitrogens with zero attached hydrogens (tertiary/aromatic N) is 2. The van der Waals surface area contributed by atoms with Crippen molar-refractivity contribution < 1.29 is 23.5 Å². The molecular formula is C27H27N3O5. The summed E-state index contributed by atoms with van der Waals surface area (Å²) in [6.07, 6.45) is 1.59. The first-order valence-corrected chi connectivity index (χ1v) is 11.2. The normalized spacial score (nSPS) is 11.2. The zero-order valence-corrected chi connectivity index (χ0v) is 20.3. The van der Waals surface area contributed by atoms with Gasteiger partial charge >= 0.3 is 11.9 Å². The second kappa shape index (κ2) is 9.89. The summed E-state index contributed by atoms with van der Waals surface area (Å²) in [5, 5.41) is 4.90. The monoisotopic (exact) mass is 473 g/mol. The summed E-state index contributed by atoms with van der Waals surface area (Å²) in [5.74, 6) is 0.0434. The second-order valence-electron chi connectivity index (χ2n) is 8.05. The number of ether oxygens (including phenoxy) is 2. The number of fused-ring (bicyclic) bond motifs is 1. The van der Waals surface area contributed by atoms with Crippen molar-refractivity contribution in [3.8, 4) is 11.4 Å². The van der Waals surface area contributed by atoms with Gasteiger partial charge in [0, 0.05) is 28.0 Å². The molecule has 0 bridgehead atoms. The first kappa shape index (κ1) is 23.8. The van der Waals surface area contributed by atoms with E-state index in [9.17, 15) is 9.59 Å². The minimum absolute atomic E-state index is 0.159. The number of carbonyl (C=O) groups is 2. The van der Waals surface area contributed by atoms with E-state index in [1.165, 1.54) is 7.11 Å². The van der Waals surface area contributed by atoms with E-state index >= 15 is 0 Å². The van der Waals surface area contributed by atoms with Gasteiger partial charge in [0.1, 0.15) is 11.3 Å². The van der Waals surface area contributed by atoms with Gasteiger partial charge in [0.2, 0.25) is 0 Å². The predicted molar refractivity (Wildman–Crippen MR) is 134 cm³/mol. The molecule has 1 amide bonds. The molecule has 1 N–H and O–H groups in total. The summed E-state index contributed by atoms with van der Waals surface area (Å²) in [6.45, 7) is 8.28. The van der Waals surface area contributed by atoms with Gasteiger partial charge in [0.25, 0.3) is 0 Å². The molecule has 4 rings (SSSR count). The highest BCUT2D eigenvalue weighted by molar-refractivity contribution is 5.97. The molecule has 2 aromatic heterocycles. The molecule has 8 heteroatoms. The fourth-order valence-electron chi connectivity index (χ4n) is 4.09. The number of methoxy groups -OCH3 is 1. The number of hydrogen-bond donors (Lipinski definition) is 1. The number of rotatable bonds is 7. The third-order valence-electron chi connectivity index (χ3n) is 5.81. The van der Waals surface area contributed by atoms with Crippen LogP contribution in [0.4, 0.5) is 0 Å². The van der Waals surface area contributed by atoms with Crippen LogP contribution in [0.15, 0.2) is 58.0 Å². The Bertz CT molecular complexity index is 1440. The van der Waals surface area contributed by atoms with Gasteiger partial charge in [-0.1, -0.05) is 6.07 Å². The molecule has 4 aromatic rings. The van der Waals surface area contributed by atoms with Crippen LogP contribution in [-0.2, 0) is 4.74 Å². The summed E-state index contributed by atoms with van der Waals surface area (Å²) >= 11 is 0. The number of esters is 1. The third kappa shape index (κ3) is 4.68. The van der Waals surface area contributed by atoms with Gasteiger partial charge in [-0.05, 0) is 75.7 Å². The fourth-order valence-corrected chi connectivity index (χ4v) is 4.09. The number of aryl methyl sites for hydroxylation is 1. The van der Waals surface area contributed by atoms with E-state index in [1.54, 1.807) is 30.5 Å². The molecule has 0 atom stereocenters. The second-order valence-corrected chi connectivity index (χ2v) is 8.05. The van der Waals surface area contributed by atoms with E-state index in [0.717, 1.165) is 33.6 Å². The Balaban J connectivity index is 1.54. The molecule has 0 saturated carbocycles. The van der Waals surface area contributed by atoms with Crippen LogP contribution in [0.3, 0.4) is 0 Å². The Morgan fingerprint density at radius 3 is 2.66 bits per heavy atom. The summed E-state index contributed by atoms with van der Waals surface area (Å²) < 4.78 is 18.1. The number of nitrogens with one attached hydrogen (secondary N) is 1. The van der Waals surface area contributed by atoms with Crippen molar-refractivity contribution in [2.75, 3.05) is 13.7 Å². The van der Waals surface area contributed by atoms with Gasteiger partial charge in [0.15, 0.2) is 5.76 Å². The first-order valence-electron chi connectivity index (χ1n) is 11.2. The fraction of sp³-hybridized carbons (Fsp3) is 0.222. The summed E-state index contributed by atoms with van der Waals surface area (Å²) in [6, 6.07) is 14.5. The van der Waals surface area contributed by atoms with Crippen LogP contribution in [0, 0.1) is 20.8 Å². The molecule has 0 aliphatic carbocycles. The minimum Gasteiger partial charge on any atom is -0.494 e. The Kier molecular flexibility index (Phi) is 6.73. The van der Waals surface area contributed by atoms with Crippen molar-refractivity contribution in [1.82, 2.24) is 9.99 Å². The van der Waals surface area contributed by atoms with Crippen molar-refractivity contribution in [3.63, 3.8) is 0 Å². The molecular weight excluding hydrogens is 446 g/mol. The van der Waals surface area contributed by atoms with Crippen LogP contribution < -0.4 is 10.2 Å². The van der Waals surface area contributed by atoms with Crippen molar-refractivity contribution in [2.45, 2.75) is 27.7 Å². The largest absolute Gasteiger partial charge is 0.494 e. The highest BCUT2D eigenvalue weighted by Crippen LogP contribution is 2.26. The Labute approximate surface area is 203 Å². The number of hydrazone groups is 1. The average molecular weight is 474 g/mol. The van der Waals surface area contributed by atoms with E-state index in [0.29, 0.717) is 23.5 Å². The van der Waals surface area contributed by atoms with Crippen molar-refractivity contribution >= 4 is 29.1 Å². The molecule has 0 aliphatic heterocycles. The number of furan rings is 1. The standard InChI is InChI=1S/C27H27N3O5/c1-6-34-21-10-11-24-19(13-21)14-25(35-24)26(31)29-28-15-20-12-16(2)30(18(20)4)23-9-7-8-22(17(23)3)27(32)33-5/h7-15H,6H2,1-5H3,(H,29,31)/b28-15+. The lowest BCUT2D eigenvalue weighted by Crippen LogP contribution is -2.16. The lowest BCUT2D eigenvalue weighted by atomic mass is 10.1. The summed E-state index contributed by atoms with van der Waals surface area (Å²) in [5.41, 5.74) is 8.02. The van der Waals surface area contributed by atoms with E-state index in [2.05, 4.69) is 10.5 Å². The first-order chi connectivity index (χ1) is 16.8. The number of carbonyl (C=O) groups excluding carboxylic acids is 2. The van der Waals surface area contributed by atoms with Gasteiger partial charge in [-0.15, -0.1) is 0 Å². The number of amides is 1. The maximum absolute atomic E-state index is 12.6. The van der Waals surface area contributed by atoms with Gasteiger partial charge in [0.05, 0.1) is 25.5 Å².